The van der Waals surface area contributed by atoms with Crippen LogP contribution < -0.4 is 5.32 Å². The molecule has 0 aromatic heterocycles. The second-order valence-corrected chi connectivity index (χ2v) is 3.79. The molecule has 0 spiro atoms. The molecule has 3 nitrogen and oxygen atoms in total. The van der Waals surface area contributed by atoms with E-state index < -0.39 is 0 Å². The van der Waals surface area contributed by atoms with Crippen LogP contribution >= 0.6 is 11.8 Å². The summed E-state index contributed by atoms with van der Waals surface area (Å²) in [7, 11) is 0. The van der Waals surface area contributed by atoms with Crippen molar-refractivity contribution in [2.45, 2.75) is 18.3 Å². The lowest BCUT2D eigenvalue weighted by Gasteiger charge is -2.08. The number of thioether (sulfide) groups is 1. The molecule has 0 unspecified atom stereocenters. The van der Waals surface area contributed by atoms with Crippen molar-refractivity contribution in [3.63, 3.8) is 0 Å². The molecule has 1 rings (SSSR count). The van der Waals surface area contributed by atoms with Gasteiger partial charge in [0.05, 0.1) is 11.4 Å². The summed E-state index contributed by atoms with van der Waals surface area (Å²) in [6, 6.07) is 0. The van der Waals surface area contributed by atoms with Crippen LogP contribution in [0.15, 0.2) is 0 Å². The number of hydrogen-bond acceptors (Lipinski definition) is 4. The zero-order chi connectivity index (χ0) is 7.56. The van der Waals surface area contributed by atoms with Crippen molar-refractivity contribution in [2.24, 2.45) is 0 Å². The summed E-state index contributed by atoms with van der Waals surface area (Å²) in [4.78, 5) is 10.6. The summed E-state index contributed by atoms with van der Waals surface area (Å²) in [5, 5.41) is 12.4. The van der Waals surface area contributed by atoms with Gasteiger partial charge in [-0.05, 0) is 0 Å². The Morgan fingerprint density at radius 2 is 2.40 bits per heavy atom. The monoisotopic (exact) mass is 161 g/mol. The molecule has 0 radical (unpaired) electrons. The zero-order valence-corrected chi connectivity index (χ0v) is 6.65. The third-order valence-corrected chi connectivity index (χ3v) is 2.56. The van der Waals surface area contributed by atoms with E-state index in [-0.39, 0.29) is 16.5 Å². The highest BCUT2D eigenvalue weighted by molar-refractivity contribution is 8.14. The van der Waals surface area contributed by atoms with Gasteiger partial charge in [-0.15, -0.1) is 0 Å². The van der Waals surface area contributed by atoms with E-state index in [1.807, 2.05) is 0 Å². The summed E-state index contributed by atoms with van der Waals surface area (Å²) >= 11 is 1.22. The minimum absolute atomic E-state index is 0.0671. The Morgan fingerprint density at radius 3 is 2.80 bits per heavy atom. The lowest BCUT2D eigenvalue weighted by Crippen LogP contribution is -2.21. The van der Waals surface area contributed by atoms with Crippen LogP contribution in [0.25, 0.3) is 0 Å². The molecular weight excluding hydrogens is 150 g/mol. The summed E-state index contributed by atoms with van der Waals surface area (Å²) in [5.41, 5.74) is 0. The molecule has 1 fully saturated rings. The quantitative estimate of drug-likeness (QED) is 0.549. The van der Waals surface area contributed by atoms with Crippen LogP contribution in [0.3, 0.4) is 0 Å². The van der Waals surface area contributed by atoms with Gasteiger partial charge >= 0.3 is 0 Å². The molecule has 0 saturated carbocycles. The van der Waals surface area contributed by atoms with Crippen LogP contribution in [-0.4, -0.2) is 34.7 Å². The van der Waals surface area contributed by atoms with Crippen LogP contribution in [0.2, 0.25) is 0 Å². The average molecular weight is 161 g/mol. The predicted molar refractivity (Wildman–Crippen MR) is 40.9 cm³/mol. The van der Waals surface area contributed by atoms with Crippen molar-refractivity contribution >= 4 is 16.9 Å². The number of carbonyl (C=O) groups is 1. The SMILES string of the molecule is CC(=O)S[C@@H]1CNC[C@H]1O. The van der Waals surface area contributed by atoms with Crippen LogP contribution in [0, 0.1) is 0 Å². The van der Waals surface area contributed by atoms with E-state index in [4.69, 9.17) is 0 Å². The van der Waals surface area contributed by atoms with Gasteiger partial charge in [0.1, 0.15) is 0 Å². The Kier molecular flexibility index (Phi) is 2.71. The van der Waals surface area contributed by atoms with Gasteiger partial charge in [0, 0.05) is 20.0 Å². The Bertz CT molecular complexity index is 140. The fourth-order valence-electron chi connectivity index (χ4n) is 0.974. The molecule has 1 heterocycles. The van der Waals surface area contributed by atoms with Crippen LogP contribution in [0.4, 0.5) is 0 Å². The average Bonchev–Trinajstić information content (AvgIpc) is 2.15. The molecule has 10 heavy (non-hydrogen) atoms. The molecule has 1 aliphatic rings. The van der Waals surface area contributed by atoms with Gasteiger partial charge in [0.15, 0.2) is 5.12 Å². The molecule has 0 aromatic rings. The first-order valence-corrected chi connectivity index (χ1v) is 4.14. The molecule has 1 aliphatic heterocycles. The van der Waals surface area contributed by atoms with E-state index in [9.17, 15) is 9.90 Å². The van der Waals surface area contributed by atoms with E-state index >= 15 is 0 Å². The maximum atomic E-state index is 10.6. The number of nitrogens with one attached hydrogen (secondary N) is 1. The molecule has 0 aliphatic carbocycles. The van der Waals surface area contributed by atoms with Crippen molar-refractivity contribution < 1.29 is 9.90 Å². The van der Waals surface area contributed by atoms with Crippen molar-refractivity contribution in [2.75, 3.05) is 13.1 Å². The van der Waals surface area contributed by atoms with Gasteiger partial charge in [-0.1, -0.05) is 11.8 Å². The maximum absolute atomic E-state index is 10.6. The van der Waals surface area contributed by atoms with Crippen LogP contribution in [0.5, 0.6) is 0 Å². The van der Waals surface area contributed by atoms with Gasteiger partial charge < -0.3 is 10.4 Å². The largest absolute Gasteiger partial charge is 0.391 e. The highest BCUT2D eigenvalue weighted by Crippen LogP contribution is 2.17. The number of aliphatic hydroxyl groups is 1. The Morgan fingerprint density at radius 1 is 1.70 bits per heavy atom. The van der Waals surface area contributed by atoms with Crippen molar-refractivity contribution in [1.82, 2.24) is 5.32 Å². The lowest BCUT2D eigenvalue weighted by atomic mass is 10.3. The van der Waals surface area contributed by atoms with Gasteiger partial charge in [-0.2, -0.15) is 0 Å². The molecule has 0 aromatic carbocycles. The summed E-state index contributed by atoms with van der Waals surface area (Å²) in [6.45, 7) is 2.88. The highest BCUT2D eigenvalue weighted by Gasteiger charge is 2.26. The van der Waals surface area contributed by atoms with E-state index in [0.29, 0.717) is 6.54 Å². The maximum Gasteiger partial charge on any atom is 0.186 e. The first kappa shape index (κ1) is 8.04. The molecule has 58 valence electrons. The van der Waals surface area contributed by atoms with Gasteiger partial charge in [-0.3, -0.25) is 4.79 Å². The summed E-state index contributed by atoms with van der Waals surface area (Å²) in [5.74, 6) is 0. The number of β-amino-alcohol motifs (C(OH)–C–C–N with tert-alkyl or cyclic N) is 1. The van der Waals surface area contributed by atoms with E-state index in [0.717, 1.165) is 6.54 Å². The number of rotatable bonds is 1. The third-order valence-electron chi connectivity index (χ3n) is 1.45. The van der Waals surface area contributed by atoms with Crippen molar-refractivity contribution in [3.05, 3.63) is 0 Å². The number of carbonyl (C=O) groups excluding carboxylic acids is 1. The van der Waals surface area contributed by atoms with E-state index in [2.05, 4.69) is 5.32 Å². The van der Waals surface area contributed by atoms with Crippen molar-refractivity contribution in [3.8, 4) is 0 Å². The smallest absolute Gasteiger partial charge is 0.186 e. The van der Waals surface area contributed by atoms with Gasteiger partial charge in [0.2, 0.25) is 0 Å². The summed E-state index contributed by atoms with van der Waals surface area (Å²) in [6.07, 6.45) is -0.353. The zero-order valence-electron chi connectivity index (χ0n) is 5.83. The Hall–Kier alpha value is -0.0600. The fourth-order valence-corrected chi connectivity index (χ4v) is 1.86. The molecule has 0 amide bonds. The molecular formula is C6H11NO2S. The van der Waals surface area contributed by atoms with E-state index in [1.54, 1.807) is 0 Å². The standard InChI is InChI=1S/C6H11NO2S/c1-4(8)10-6-3-7-2-5(6)9/h5-7,9H,2-3H2,1H3/t5-,6-/m1/s1. The normalized spacial score (nSPS) is 32.6. The van der Waals surface area contributed by atoms with Crippen LogP contribution in [0.1, 0.15) is 6.92 Å². The minimum Gasteiger partial charge on any atom is -0.391 e. The number of aliphatic hydroxyl groups excluding tert-OH is 1. The molecule has 1 saturated heterocycles. The van der Waals surface area contributed by atoms with E-state index in [1.165, 1.54) is 18.7 Å². The molecule has 4 heteroatoms. The molecule has 0 bridgehead atoms. The Labute approximate surface area is 64.2 Å². The minimum atomic E-state index is -0.353. The number of hydrogen-bond donors (Lipinski definition) is 2. The Balaban J connectivity index is 2.33. The predicted octanol–water partition coefficient (Wildman–Crippen LogP) is -0.401. The first-order valence-electron chi connectivity index (χ1n) is 3.26. The second-order valence-electron chi connectivity index (χ2n) is 2.37. The fraction of sp³-hybridized carbons (Fsp3) is 0.833. The van der Waals surface area contributed by atoms with Crippen molar-refractivity contribution in [1.29, 1.82) is 0 Å². The first-order chi connectivity index (χ1) is 4.70. The lowest BCUT2D eigenvalue weighted by molar-refractivity contribution is -0.109. The third kappa shape index (κ3) is 1.97. The van der Waals surface area contributed by atoms with Gasteiger partial charge in [0.25, 0.3) is 0 Å². The van der Waals surface area contributed by atoms with Crippen LogP contribution in [-0.2, 0) is 4.79 Å². The molecule has 2 atom stereocenters. The molecule has 2 N–H and O–H groups in total. The second kappa shape index (κ2) is 3.37. The topological polar surface area (TPSA) is 49.3 Å². The highest BCUT2D eigenvalue weighted by atomic mass is 32.2. The summed E-state index contributed by atoms with van der Waals surface area (Å²) < 4.78 is 0. The van der Waals surface area contributed by atoms with Gasteiger partial charge in [-0.25, -0.2) is 0 Å².